The van der Waals surface area contributed by atoms with Gasteiger partial charge in [0.15, 0.2) is 0 Å². The van der Waals surface area contributed by atoms with E-state index in [9.17, 15) is 14.9 Å². The lowest BCUT2D eigenvalue weighted by atomic mass is 9.86. The van der Waals surface area contributed by atoms with Gasteiger partial charge in [-0.3, -0.25) is 14.9 Å². The minimum Gasteiger partial charge on any atom is -0.325 e. The second kappa shape index (κ2) is 7.35. The molecule has 1 fully saturated rings. The van der Waals surface area contributed by atoms with Gasteiger partial charge in [-0.05, 0) is 31.7 Å². The Morgan fingerprint density at radius 2 is 2.09 bits per heavy atom. The van der Waals surface area contributed by atoms with Gasteiger partial charge in [0.25, 0.3) is 5.69 Å². The van der Waals surface area contributed by atoms with Crippen LogP contribution in [0.15, 0.2) is 18.2 Å². The summed E-state index contributed by atoms with van der Waals surface area (Å²) in [5, 5.41) is 16.9. The summed E-state index contributed by atoms with van der Waals surface area (Å²) in [5.41, 5.74) is 1.06. The van der Waals surface area contributed by atoms with Crippen LogP contribution in [0.25, 0.3) is 0 Å². The van der Waals surface area contributed by atoms with Gasteiger partial charge in [0, 0.05) is 23.4 Å². The molecule has 0 bridgehead atoms. The number of hydrogen-bond acceptors (Lipinski definition) is 4. The summed E-state index contributed by atoms with van der Waals surface area (Å²) >= 11 is 0. The minimum absolute atomic E-state index is 0.0201. The molecule has 1 aliphatic carbocycles. The average molecular weight is 305 g/mol. The van der Waals surface area contributed by atoms with Crippen molar-refractivity contribution in [1.82, 2.24) is 5.32 Å². The van der Waals surface area contributed by atoms with Gasteiger partial charge >= 0.3 is 0 Å². The van der Waals surface area contributed by atoms with Crippen molar-refractivity contribution in [1.29, 1.82) is 0 Å². The van der Waals surface area contributed by atoms with E-state index in [0.717, 1.165) is 6.42 Å². The van der Waals surface area contributed by atoms with Crippen molar-refractivity contribution in [2.45, 2.75) is 45.6 Å². The number of amides is 1. The van der Waals surface area contributed by atoms with Crippen LogP contribution in [0.5, 0.6) is 0 Å². The maximum Gasteiger partial charge on any atom is 0.274 e. The molecule has 2 N–H and O–H groups in total. The van der Waals surface area contributed by atoms with E-state index >= 15 is 0 Å². The Bertz CT molecular complexity index is 560. The smallest absolute Gasteiger partial charge is 0.274 e. The lowest BCUT2D eigenvalue weighted by molar-refractivity contribution is -0.385. The van der Waals surface area contributed by atoms with Gasteiger partial charge in [-0.2, -0.15) is 0 Å². The molecular formula is C16H23N3O3. The molecule has 0 aromatic heterocycles. The first-order valence-electron chi connectivity index (χ1n) is 7.75. The first kappa shape index (κ1) is 16.4. The maximum atomic E-state index is 12.0. The number of nitro groups is 1. The average Bonchev–Trinajstić information content (AvgIpc) is 2.48. The highest BCUT2D eigenvalue weighted by Crippen LogP contribution is 2.24. The zero-order valence-electron chi connectivity index (χ0n) is 13.1. The predicted octanol–water partition coefficient (Wildman–Crippen LogP) is 3.01. The quantitative estimate of drug-likeness (QED) is 0.647. The molecule has 22 heavy (non-hydrogen) atoms. The Kier molecular flexibility index (Phi) is 5.49. The minimum atomic E-state index is -0.438. The van der Waals surface area contributed by atoms with Crippen molar-refractivity contribution in [3.63, 3.8) is 0 Å². The van der Waals surface area contributed by atoms with Crippen LogP contribution in [-0.4, -0.2) is 23.4 Å². The van der Waals surface area contributed by atoms with Gasteiger partial charge < -0.3 is 10.6 Å². The SMILES string of the molecule is Cc1ccc(NC(=O)CN[C@H]2CCCC[C@@H]2C)cc1[N+](=O)[O-]. The highest BCUT2D eigenvalue weighted by atomic mass is 16.6. The van der Waals surface area contributed by atoms with E-state index in [-0.39, 0.29) is 18.1 Å². The van der Waals surface area contributed by atoms with Crippen molar-refractivity contribution >= 4 is 17.3 Å². The standard InChI is InChI=1S/C16H23N3O3/c1-11-5-3-4-6-14(11)17-10-16(20)18-13-8-7-12(2)15(9-13)19(21)22/h7-9,11,14,17H,3-6,10H2,1-2H3,(H,18,20)/t11-,14-/m0/s1. The Labute approximate surface area is 130 Å². The van der Waals surface area contributed by atoms with E-state index in [1.807, 2.05) is 0 Å². The second-order valence-electron chi connectivity index (χ2n) is 6.06. The number of carbonyl (C=O) groups excluding carboxylic acids is 1. The summed E-state index contributed by atoms with van der Waals surface area (Å²) in [5.74, 6) is 0.415. The van der Waals surface area contributed by atoms with E-state index in [2.05, 4.69) is 17.6 Å². The molecule has 1 aliphatic rings. The topological polar surface area (TPSA) is 84.3 Å². The summed E-state index contributed by atoms with van der Waals surface area (Å²) in [6.45, 7) is 4.12. The number of rotatable bonds is 5. The number of carbonyl (C=O) groups is 1. The fourth-order valence-electron chi connectivity index (χ4n) is 2.93. The number of aryl methyl sites for hydroxylation is 1. The summed E-state index contributed by atoms with van der Waals surface area (Å²) < 4.78 is 0. The molecule has 6 heteroatoms. The Hall–Kier alpha value is -1.95. The van der Waals surface area contributed by atoms with E-state index in [1.54, 1.807) is 19.1 Å². The van der Waals surface area contributed by atoms with Crippen LogP contribution in [-0.2, 0) is 4.79 Å². The molecule has 1 aromatic rings. The van der Waals surface area contributed by atoms with Gasteiger partial charge in [-0.25, -0.2) is 0 Å². The monoisotopic (exact) mass is 305 g/mol. The van der Waals surface area contributed by atoms with Crippen LogP contribution >= 0.6 is 0 Å². The van der Waals surface area contributed by atoms with Crippen LogP contribution in [0.3, 0.4) is 0 Å². The van der Waals surface area contributed by atoms with Crippen molar-refractivity contribution < 1.29 is 9.72 Å². The van der Waals surface area contributed by atoms with Gasteiger partial charge in [-0.1, -0.05) is 25.8 Å². The molecule has 1 amide bonds. The summed E-state index contributed by atoms with van der Waals surface area (Å²) in [4.78, 5) is 22.5. The number of benzene rings is 1. The highest BCUT2D eigenvalue weighted by Gasteiger charge is 2.21. The van der Waals surface area contributed by atoms with Gasteiger partial charge in [-0.15, -0.1) is 0 Å². The molecule has 2 rings (SSSR count). The highest BCUT2D eigenvalue weighted by molar-refractivity contribution is 5.92. The second-order valence-corrected chi connectivity index (χ2v) is 6.06. The summed E-state index contributed by atoms with van der Waals surface area (Å²) in [6.07, 6.45) is 4.76. The Balaban J connectivity index is 1.89. The van der Waals surface area contributed by atoms with Crippen LogP contribution in [0.1, 0.15) is 38.2 Å². The van der Waals surface area contributed by atoms with E-state index in [4.69, 9.17) is 0 Å². The van der Waals surface area contributed by atoms with Crippen LogP contribution < -0.4 is 10.6 Å². The molecule has 0 unspecified atom stereocenters. The molecular weight excluding hydrogens is 282 g/mol. The predicted molar refractivity (Wildman–Crippen MR) is 85.9 cm³/mol. The molecule has 6 nitrogen and oxygen atoms in total. The Morgan fingerprint density at radius 1 is 1.36 bits per heavy atom. The fourth-order valence-corrected chi connectivity index (χ4v) is 2.93. The molecule has 1 aromatic carbocycles. The van der Waals surface area contributed by atoms with Gasteiger partial charge in [0.05, 0.1) is 11.5 Å². The number of nitro benzene ring substituents is 1. The van der Waals surface area contributed by atoms with E-state index in [1.165, 1.54) is 25.3 Å². The fraction of sp³-hybridized carbons (Fsp3) is 0.562. The van der Waals surface area contributed by atoms with Crippen molar-refractivity contribution in [3.05, 3.63) is 33.9 Å². The van der Waals surface area contributed by atoms with Crippen LogP contribution in [0, 0.1) is 23.0 Å². The molecule has 2 atom stereocenters. The third-order valence-corrected chi connectivity index (χ3v) is 4.33. The summed E-state index contributed by atoms with van der Waals surface area (Å²) in [6, 6.07) is 5.11. The van der Waals surface area contributed by atoms with Crippen LogP contribution in [0.4, 0.5) is 11.4 Å². The number of anilines is 1. The zero-order chi connectivity index (χ0) is 16.1. The first-order chi connectivity index (χ1) is 10.5. The molecule has 0 aliphatic heterocycles. The number of nitrogens with zero attached hydrogens (tertiary/aromatic N) is 1. The van der Waals surface area contributed by atoms with Gasteiger partial charge in [0.2, 0.25) is 5.91 Å². The van der Waals surface area contributed by atoms with E-state index < -0.39 is 4.92 Å². The number of hydrogen-bond donors (Lipinski definition) is 2. The third-order valence-electron chi connectivity index (χ3n) is 4.33. The molecule has 1 saturated carbocycles. The number of nitrogens with one attached hydrogen (secondary N) is 2. The zero-order valence-corrected chi connectivity index (χ0v) is 13.1. The van der Waals surface area contributed by atoms with Crippen molar-refractivity contribution in [2.75, 3.05) is 11.9 Å². The molecule has 0 heterocycles. The summed E-state index contributed by atoms with van der Waals surface area (Å²) in [7, 11) is 0. The first-order valence-corrected chi connectivity index (χ1v) is 7.75. The molecule has 0 radical (unpaired) electrons. The largest absolute Gasteiger partial charge is 0.325 e. The van der Waals surface area contributed by atoms with Gasteiger partial charge in [0.1, 0.15) is 0 Å². The molecule has 0 spiro atoms. The molecule has 120 valence electrons. The lowest BCUT2D eigenvalue weighted by Gasteiger charge is -2.29. The van der Waals surface area contributed by atoms with Crippen LogP contribution in [0.2, 0.25) is 0 Å². The Morgan fingerprint density at radius 3 is 2.77 bits per heavy atom. The lowest BCUT2D eigenvalue weighted by Crippen LogP contribution is -2.41. The van der Waals surface area contributed by atoms with Crippen molar-refractivity contribution in [2.24, 2.45) is 5.92 Å². The third kappa shape index (κ3) is 4.27. The maximum absolute atomic E-state index is 12.0. The normalized spacial score (nSPS) is 21.4. The molecule has 0 saturated heterocycles. The van der Waals surface area contributed by atoms with E-state index in [0.29, 0.717) is 23.2 Å². The van der Waals surface area contributed by atoms with Crippen molar-refractivity contribution in [3.8, 4) is 0 Å².